The van der Waals surface area contributed by atoms with Crippen molar-refractivity contribution in [2.45, 2.75) is 24.6 Å². The van der Waals surface area contributed by atoms with Gasteiger partial charge >= 0.3 is 11.2 Å². The first kappa shape index (κ1) is 26.4. The lowest BCUT2D eigenvalue weighted by Gasteiger charge is -2.30. The molecule has 37 heavy (non-hydrogen) atoms. The molecule has 2 atom stereocenters. The number of rotatable bonds is 7. The molecule has 3 heterocycles. The lowest BCUT2D eigenvalue weighted by atomic mass is 9.97. The number of pyridine rings is 1. The first-order chi connectivity index (χ1) is 17.4. The summed E-state index contributed by atoms with van der Waals surface area (Å²) < 4.78 is 70.6. The van der Waals surface area contributed by atoms with Crippen molar-refractivity contribution in [3.63, 3.8) is 0 Å². The Balaban J connectivity index is 1.40. The maximum absolute atomic E-state index is 13.2. The van der Waals surface area contributed by atoms with E-state index >= 15 is 0 Å². The van der Waals surface area contributed by atoms with E-state index in [1.54, 1.807) is 29.2 Å². The zero-order chi connectivity index (χ0) is 26.8. The Morgan fingerprint density at radius 1 is 1.14 bits per heavy atom. The number of β-amino-alcohol motifs (C(OH)–C–C–N with tert-alkyl or cyclic N) is 1. The van der Waals surface area contributed by atoms with Crippen molar-refractivity contribution in [1.29, 1.82) is 4.78 Å². The number of aliphatic hydroxyl groups excluding tert-OH is 1. The molecule has 0 saturated heterocycles. The molecule has 0 radical (unpaired) electrons. The molecule has 1 aliphatic heterocycles. The van der Waals surface area contributed by atoms with E-state index in [1.807, 2.05) is 0 Å². The van der Waals surface area contributed by atoms with Gasteiger partial charge in [-0.3, -0.25) is 9.55 Å². The number of hydrogen-bond donors (Lipinski definition) is 2. The molecule has 0 bridgehead atoms. The average Bonchev–Trinajstić information content (AvgIpc) is 2.85. The van der Waals surface area contributed by atoms with E-state index in [-0.39, 0.29) is 37.0 Å². The van der Waals surface area contributed by atoms with Gasteiger partial charge in [-0.15, -0.1) is 0 Å². The number of nitrogens with zero attached hydrogens (tertiary/aromatic N) is 5. The largest absolute Gasteiger partial charge is 0.479 e. The number of hydrogen-bond acceptors (Lipinski definition) is 8. The highest BCUT2D eigenvalue weighted by molar-refractivity contribution is 7.93. The van der Waals surface area contributed by atoms with Gasteiger partial charge in [0, 0.05) is 30.6 Å². The normalized spacial score (nSPS) is 17.8. The first-order valence-electron chi connectivity index (χ1n) is 11.0. The number of aryl methyl sites for hydroxylation is 1. The fraction of sp³-hybridized carbons (Fsp3) is 0.304. The molecular formula is C23H22F4N6O3S. The zero-order valence-electron chi connectivity index (χ0n) is 19.2. The van der Waals surface area contributed by atoms with Gasteiger partial charge in [-0.05, 0) is 34.9 Å². The van der Waals surface area contributed by atoms with Crippen LogP contribution in [0.4, 0.5) is 23.5 Å². The van der Waals surface area contributed by atoms with E-state index in [2.05, 4.69) is 15.0 Å². The van der Waals surface area contributed by atoms with Crippen LogP contribution in [0.5, 0.6) is 0 Å². The molecule has 9 nitrogen and oxygen atoms in total. The van der Waals surface area contributed by atoms with Crippen LogP contribution in [0, 0.1) is 10.6 Å². The van der Waals surface area contributed by atoms with Crippen LogP contribution in [-0.4, -0.2) is 59.3 Å². The topological polar surface area (TPSA) is 125 Å². The van der Waals surface area contributed by atoms with E-state index in [1.165, 1.54) is 35.3 Å². The van der Waals surface area contributed by atoms with Crippen LogP contribution < -0.4 is 10.6 Å². The number of anilines is 1. The standard InChI is InChI=1S/C23H22F4N6O3S/c24-17-4-2-16(3-5-17)19-7-9-32(13-20(19)34)21-30-14-33(22(35)31-21)12-15-1-6-18(29-11-15)8-10-37(28,36)23(25,26)27/h1-7,11,14,20,28,34H,8-10,12-13H2/t20-,37?/m0/s1. The third-order valence-electron chi connectivity index (χ3n) is 5.76. The second-order valence-electron chi connectivity index (χ2n) is 8.39. The summed E-state index contributed by atoms with van der Waals surface area (Å²) in [5.41, 5.74) is -3.56. The predicted octanol–water partition coefficient (Wildman–Crippen LogP) is 2.59. The molecule has 0 saturated carbocycles. The second kappa shape index (κ2) is 10.4. The van der Waals surface area contributed by atoms with Gasteiger partial charge in [-0.25, -0.2) is 23.2 Å². The van der Waals surface area contributed by atoms with Gasteiger partial charge in [0.2, 0.25) is 5.95 Å². The molecule has 2 N–H and O–H groups in total. The molecule has 3 aromatic rings. The van der Waals surface area contributed by atoms with Crippen molar-refractivity contribution in [1.82, 2.24) is 19.5 Å². The van der Waals surface area contributed by atoms with Crippen molar-refractivity contribution in [3.05, 3.63) is 88.1 Å². The first-order valence-corrected chi connectivity index (χ1v) is 12.7. The molecule has 196 valence electrons. The molecule has 0 aliphatic carbocycles. The van der Waals surface area contributed by atoms with Gasteiger partial charge in [0.1, 0.15) is 21.9 Å². The maximum atomic E-state index is 13.2. The van der Waals surface area contributed by atoms with E-state index < -0.39 is 32.8 Å². The van der Waals surface area contributed by atoms with Crippen molar-refractivity contribution in [2.75, 3.05) is 23.7 Å². The summed E-state index contributed by atoms with van der Waals surface area (Å²) in [5.74, 6) is -1.13. The van der Waals surface area contributed by atoms with Gasteiger partial charge in [0.05, 0.1) is 19.2 Å². The fourth-order valence-electron chi connectivity index (χ4n) is 3.71. The zero-order valence-corrected chi connectivity index (χ0v) is 20.0. The molecule has 0 fully saturated rings. The van der Waals surface area contributed by atoms with Crippen LogP contribution in [0.3, 0.4) is 0 Å². The van der Waals surface area contributed by atoms with Crippen molar-refractivity contribution < 1.29 is 26.9 Å². The summed E-state index contributed by atoms with van der Waals surface area (Å²) in [6.07, 6.45) is 3.26. The second-order valence-corrected chi connectivity index (χ2v) is 10.6. The van der Waals surface area contributed by atoms with Gasteiger partial charge in [0.15, 0.2) is 0 Å². The Labute approximate surface area is 209 Å². The molecule has 1 unspecified atom stereocenters. The number of benzene rings is 1. The Morgan fingerprint density at radius 2 is 1.86 bits per heavy atom. The number of halogens is 4. The summed E-state index contributed by atoms with van der Waals surface area (Å²) in [5, 5.41) is 10.6. The highest BCUT2D eigenvalue weighted by atomic mass is 32.2. The summed E-state index contributed by atoms with van der Waals surface area (Å²) in [6, 6.07) is 8.78. The molecule has 14 heteroatoms. The number of aromatic nitrogens is 4. The van der Waals surface area contributed by atoms with Crippen LogP contribution in [-0.2, 0) is 22.7 Å². The molecule has 4 rings (SSSR count). The maximum Gasteiger partial charge on any atom is 0.479 e. The fourth-order valence-corrected chi connectivity index (χ4v) is 4.44. The minimum atomic E-state index is -5.09. The van der Waals surface area contributed by atoms with E-state index in [9.17, 15) is 31.7 Å². The van der Waals surface area contributed by atoms with Gasteiger partial charge in [0.25, 0.3) is 0 Å². The molecular weight excluding hydrogens is 516 g/mol. The summed E-state index contributed by atoms with van der Waals surface area (Å²) >= 11 is 0. The van der Waals surface area contributed by atoms with Crippen LogP contribution in [0.2, 0.25) is 0 Å². The highest BCUT2D eigenvalue weighted by Gasteiger charge is 2.41. The number of nitrogens with one attached hydrogen (secondary N) is 1. The van der Waals surface area contributed by atoms with Crippen LogP contribution in [0.1, 0.15) is 16.8 Å². The molecule has 0 amide bonds. The SMILES string of the molecule is N=S(=O)(CCc1ccc(Cn2cnc(N3CC=C(c4ccc(F)cc4)[C@@H](O)C3)nc2=O)cn1)C(F)(F)F. The minimum Gasteiger partial charge on any atom is -0.387 e. The van der Waals surface area contributed by atoms with Gasteiger partial charge < -0.3 is 10.0 Å². The van der Waals surface area contributed by atoms with E-state index in [0.717, 1.165) is 0 Å². The van der Waals surface area contributed by atoms with Crippen LogP contribution in [0.25, 0.3) is 5.57 Å². The van der Waals surface area contributed by atoms with Gasteiger partial charge in [-0.2, -0.15) is 18.2 Å². The molecule has 2 aromatic heterocycles. The average molecular weight is 539 g/mol. The smallest absolute Gasteiger partial charge is 0.387 e. The minimum absolute atomic E-state index is 0.0569. The van der Waals surface area contributed by atoms with E-state index in [4.69, 9.17) is 4.78 Å². The summed E-state index contributed by atoms with van der Waals surface area (Å²) in [4.78, 5) is 26.4. The number of aliphatic hydroxyl groups is 1. The Morgan fingerprint density at radius 3 is 2.46 bits per heavy atom. The Kier molecular flexibility index (Phi) is 7.41. The van der Waals surface area contributed by atoms with E-state index in [0.29, 0.717) is 23.2 Å². The van der Waals surface area contributed by atoms with Gasteiger partial charge in [-0.1, -0.05) is 24.3 Å². The molecule has 1 aliphatic rings. The third kappa shape index (κ3) is 6.20. The highest BCUT2D eigenvalue weighted by Crippen LogP contribution is 2.26. The summed E-state index contributed by atoms with van der Waals surface area (Å²) in [7, 11) is -4.73. The predicted molar refractivity (Wildman–Crippen MR) is 128 cm³/mol. The van der Waals surface area contributed by atoms with Crippen molar-refractivity contribution >= 4 is 21.3 Å². The molecule has 1 aromatic carbocycles. The van der Waals surface area contributed by atoms with Crippen molar-refractivity contribution in [2.24, 2.45) is 0 Å². The lowest BCUT2D eigenvalue weighted by molar-refractivity contribution is -0.0406. The Bertz CT molecular complexity index is 1460. The van der Waals surface area contributed by atoms with Crippen LogP contribution in [0.15, 0.2) is 59.8 Å². The summed E-state index contributed by atoms with van der Waals surface area (Å²) in [6.45, 7) is 0.524. The monoisotopic (exact) mass is 538 g/mol. The number of alkyl halides is 3. The van der Waals surface area contributed by atoms with Crippen LogP contribution >= 0.6 is 0 Å². The lowest BCUT2D eigenvalue weighted by Crippen LogP contribution is -2.40. The molecule has 0 spiro atoms. The van der Waals surface area contributed by atoms with Crippen molar-refractivity contribution in [3.8, 4) is 0 Å². The third-order valence-corrected chi connectivity index (χ3v) is 7.28. The Hall–Kier alpha value is -3.65. The quantitative estimate of drug-likeness (QED) is 0.443.